The summed E-state index contributed by atoms with van der Waals surface area (Å²) in [5, 5.41) is 10.3. The Labute approximate surface area is 88.8 Å². The second-order valence-corrected chi connectivity index (χ2v) is 3.89. The van der Waals surface area contributed by atoms with E-state index in [9.17, 15) is 4.79 Å². The van der Waals surface area contributed by atoms with Crippen LogP contribution in [-0.2, 0) is 18.4 Å². The summed E-state index contributed by atoms with van der Waals surface area (Å²) in [5.41, 5.74) is 0.900. The minimum Gasteiger partial charge on any atom is -0.350 e. The number of carbonyl (C=O) groups is 1. The van der Waals surface area contributed by atoms with Gasteiger partial charge in [-0.15, -0.1) is 0 Å². The molecule has 15 heavy (non-hydrogen) atoms. The Bertz CT molecular complexity index is 341. The van der Waals surface area contributed by atoms with Crippen LogP contribution < -0.4 is 10.6 Å². The number of rotatable bonds is 3. The first-order chi connectivity index (χ1) is 7.25. The maximum Gasteiger partial charge on any atom is 0.224 e. The van der Waals surface area contributed by atoms with Crippen molar-refractivity contribution >= 4 is 5.91 Å². The fourth-order valence-corrected chi connectivity index (χ4v) is 1.76. The van der Waals surface area contributed by atoms with Crippen molar-refractivity contribution in [2.24, 2.45) is 13.0 Å². The van der Waals surface area contributed by atoms with Gasteiger partial charge in [-0.2, -0.15) is 5.10 Å². The Morgan fingerprint density at radius 1 is 1.80 bits per heavy atom. The monoisotopic (exact) mass is 208 g/mol. The van der Waals surface area contributed by atoms with Crippen molar-refractivity contribution < 1.29 is 4.79 Å². The van der Waals surface area contributed by atoms with Crippen molar-refractivity contribution in [2.45, 2.75) is 13.0 Å². The zero-order valence-corrected chi connectivity index (χ0v) is 8.86. The lowest BCUT2D eigenvalue weighted by Crippen LogP contribution is -2.31. The van der Waals surface area contributed by atoms with Crippen molar-refractivity contribution in [3.63, 3.8) is 0 Å². The van der Waals surface area contributed by atoms with Gasteiger partial charge in [-0.3, -0.25) is 9.48 Å². The van der Waals surface area contributed by atoms with Crippen molar-refractivity contribution in [1.29, 1.82) is 0 Å². The van der Waals surface area contributed by atoms with E-state index in [4.69, 9.17) is 0 Å². The largest absolute Gasteiger partial charge is 0.350 e. The molecule has 1 saturated heterocycles. The molecule has 0 bridgehead atoms. The van der Waals surface area contributed by atoms with Crippen LogP contribution in [0.2, 0.25) is 0 Å². The number of nitrogens with zero attached hydrogens (tertiary/aromatic N) is 2. The van der Waals surface area contributed by atoms with Crippen molar-refractivity contribution in [3.8, 4) is 0 Å². The van der Waals surface area contributed by atoms with E-state index in [0.717, 1.165) is 25.2 Å². The number of nitrogens with one attached hydrogen (secondary N) is 2. The molecule has 1 aliphatic rings. The summed E-state index contributed by atoms with van der Waals surface area (Å²) in [6.07, 6.45) is 2.81. The van der Waals surface area contributed by atoms with Gasteiger partial charge in [0.15, 0.2) is 0 Å². The van der Waals surface area contributed by atoms with Gasteiger partial charge in [0.25, 0.3) is 0 Å². The van der Waals surface area contributed by atoms with Crippen LogP contribution in [0.4, 0.5) is 0 Å². The van der Waals surface area contributed by atoms with Crippen LogP contribution in [0.5, 0.6) is 0 Å². The highest BCUT2D eigenvalue weighted by molar-refractivity contribution is 5.79. The smallest absolute Gasteiger partial charge is 0.224 e. The molecule has 1 atom stereocenters. The quantitative estimate of drug-likeness (QED) is 0.713. The summed E-state index contributed by atoms with van der Waals surface area (Å²) < 4.78 is 1.73. The van der Waals surface area contributed by atoms with E-state index in [1.807, 2.05) is 19.3 Å². The second-order valence-electron chi connectivity index (χ2n) is 3.89. The Hall–Kier alpha value is -1.36. The van der Waals surface area contributed by atoms with Crippen LogP contribution in [0.1, 0.15) is 12.1 Å². The summed E-state index contributed by atoms with van der Waals surface area (Å²) >= 11 is 0. The molecule has 0 saturated carbocycles. The fourth-order valence-electron chi connectivity index (χ4n) is 1.76. The standard InChI is InChI=1S/C10H16N4O/c1-14-5-3-9(13-14)7-12-10(15)8-2-4-11-6-8/h3,5,8,11H,2,4,6-7H2,1H3,(H,12,15). The Balaban J connectivity index is 1.80. The van der Waals surface area contributed by atoms with E-state index in [2.05, 4.69) is 15.7 Å². The van der Waals surface area contributed by atoms with E-state index >= 15 is 0 Å². The maximum absolute atomic E-state index is 11.6. The van der Waals surface area contributed by atoms with Crippen LogP contribution in [-0.4, -0.2) is 28.8 Å². The summed E-state index contributed by atoms with van der Waals surface area (Å²) in [7, 11) is 1.87. The molecule has 0 radical (unpaired) electrons. The molecule has 1 aliphatic heterocycles. The molecule has 5 heteroatoms. The molecule has 1 unspecified atom stereocenters. The Kier molecular flexibility index (Phi) is 3.01. The highest BCUT2D eigenvalue weighted by Crippen LogP contribution is 2.07. The lowest BCUT2D eigenvalue weighted by molar-refractivity contribution is -0.124. The number of amides is 1. The molecule has 0 spiro atoms. The molecule has 1 amide bonds. The molecule has 1 aromatic heterocycles. The summed E-state index contributed by atoms with van der Waals surface area (Å²) in [5.74, 6) is 0.263. The SMILES string of the molecule is Cn1ccc(CNC(=O)C2CCNC2)n1. The molecule has 5 nitrogen and oxygen atoms in total. The minimum absolute atomic E-state index is 0.130. The van der Waals surface area contributed by atoms with Crippen LogP contribution >= 0.6 is 0 Å². The van der Waals surface area contributed by atoms with Crippen molar-refractivity contribution in [3.05, 3.63) is 18.0 Å². The number of aromatic nitrogens is 2. The predicted molar refractivity (Wildman–Crippen MR) is 56.0 cm³/mol. The molecular formula is C10H16N4O. The van der Waals surface area contributed by atoms with Crippen LogP contribution in [0.3, 0.4) is 0 Å². The van der Waals surface area contributed by atoms with Gasteiger partial charge in [0, 0.05) is 19.8 Å². The number of carbonyl (C=O) groups excluding carboxylic acids is 1. The van der Waals surface area contributed by atoms with Gasteiger partial charge in [-0.25, -0.2) is 0 Å². The number of hydrogen-bond donors (Lipinski definition) is 2. The Morgan fingerprint density at radius 2 is 2.67 bits per heavy atom. The first kappa shape index (κ1) is 10.2. The van der Waals surface area contributed by atoms with Gasteiger partial charge in [0.2, 0.25) is 5.91 Å². The van der Waals surface area contributed by atoms with Gasteiger partial charge in [-0.1, -0.05) is 0 Å². The average molecular weight is 208 g/mol. The molecule has 2 heterocycles. The fraction of sp³-hybridized carbons (Fsp3) is 0.600. The lowest BCUT2D eigenvalue weighted by atomic mass is 10.1. The minimum atomic E-state index is 0.130. The van der Waals surface area contributed by atoms with E-state index in [-0.39, 0.29) is 11.8 Å². The normalized spacial score (nSPS) is 20.5. The zero-order valence-electron chi connectivity index (χ0n) is 8.86. The first-order valence-electron chi connectivity index (χ1n) is 5.22. The van der Waals surface area contributed by atoms with E-state index in [1.54, 1.807) is 4.68 Å². The van der Waals surface area contributed by atoms with E-state index in [0.29, 0.717) is 6.54 Å². The number of hydrogen-bond acceptors (Lipinski definition) is 3. The second kappa shape index (κ2) is 4.44. The predicted octanol–water partition coefficient (Wildman–Crippen LogP) is -0.354. The maximum atomic E-state index is 11.6. The molecule has 2 rings (SSSR count). The highest BCUT2D eigenvalue weighted by atomic mass is 16.1. The summed E-state index contributed by atoms with van der Waals surface area (Å²) in [6, 6.07) is 1.91. The Morgan fingerprint density at radius 3 is 3.27 bits per heavy atom. The van der Waals surface area contributed by atoms with Crippen LogP contribution in [0, 0.1) is 5.92 Å². The van der Waals surface area contributed by atoms with Gasteiger partial charge < -0.3 is 10.6 Å². The summed E-state index contributed by atoms with van der Waals surface area (Å²) in [6.45, 7) is 2.27. The van der Waals surface area contributed by atoms with Gasteiger partial charge in [0.05, 0.1) is 18.2 Å². The molecule has 82 valence electrons. The van der Waals surface area contributed by atoms with Gasteiger partial charge in [-0.05, 0) is 19.0 Å². The van der Waals surface area contributed by atoms with Gasteiger partial charge in [0.1, 0.15) is 0 Å². The topological polar surface area (TPSA) is 59.0 Å². The van der Waals surface area contributed by atoms with Crippen molar-refractivity contribution in [1.82, 2.24) is 20.4 Å². The lowest BCUT2D eigenvalue weighted by Gasteiger charge is -2.08. The third-order valence-electron chi connectivity index (χ3n) is 2.64. The molecule has 1 fully saturated rings. The highest BCUT2D eigenvalue weighted by Gasteiger charge is 2.21. The first-order valence-corrected chi connectivity index (χ1v) is 5.22. The molecule has 1 aromatic rings. The third-order valence-corrected chi connectivity index (χ3v) is 2.64. The number of aryl methyl sites for hydroxylation is 1. The molecular weight excluding hydrogens is 192 g/mol. The third kappa shape index (κ3) is 2.56. The molecule has 0 aromatic carbocycles. The van der Waals surface area contributed by atoms with Gasteiger partial charge >= 0.3 is 0 Å². The molecule has 2 N–H and O–H groups in total. The zero-order chi connectivity index (χ0) is 10.7. The summed E-state index contributed by atoms with van der Waals surface area (Å²) in [4.78, 5) is 11.6. The van der Waals surface area contributed by atoms with E-state index in [1.165, 1.54) is 0 Å². The van der Waals surface area contributed by atoms with Crippen LogP contribution in [0.25, 0.3) is 0 Å². The molecule has 0 aliphatic carbocycles. The average Bonchev–Trinajstić information content (AvgIpc) is 2.84. The van der Waals surface area contributed by atoms with Crippen molar-refractivity contribution in [2.75, 3.05) is 13.1 Å². The van der Waals surface area contributed by atoms with E-state index < -0.39 is 0 Å². The van der Waals surface area contributed by atoms with Crippen LogP contribution in [0.15, 0.2) is 12.3 Å².